The number of aliphatic hydroxyl groups excluding tert-OH is 2. The fourth-order valence-corrected chi connectivity index (χ4v) is 7.47. The van der Waals surface area contributed by atoms with Gasteiger partial charge in [-0.3, -0.25) is 19.6 Å². The first-order valence-corrected chi connectivity index (χ1v) is 15.3. The van der Waals surface area contributed by atoms with Gasteiger partial charge in [0.05, 0.1) is 5.92 Å². The Balaban J connectivity index is 0.00000400. The summed E-state index contributed by atoms with van der Waals surface area (Å²) in [7, 11) is 0. The SMILES string of the molecule is CCC1c2cc3[n-]c4c(c3C)C(=O)C(C(O)O)c4c3nc(cc4[n-]c(cc(n2)C1C)c(C(C)=O)c4C)C(C)C3CCC(O)O.[Zn+2]. The van der Waals surface area contributed by atoms with Crippen LogP contribution in [-0.2, 0) is 19.5 Å². The number of carbonyl (C=O) groups excluding carboxylic acids is 2. The molecule has 8 bridgehead atoms. The number of fused-ring (bicyclic) bond motifs is 8. The average molecular weight is 664 g/mol. The molecule has 2 aliphatic heterocycles. The van der Waals surface area contributed by atoms with Gasteiger partial charge in [0, 0.05) is 57.6 Å². The van der Waals surface area contributed by atoms with Crippen molar-refractivity contribution in [1.29, 1.82) is 0 Å². The largest absolute Gasteiger partial charge is 2.00 e. The number of rotatable bonds is 6. The van der Waals surface area contributed by atoms with Crippen LogP contribution in [-0.4, -0.2) is 54.5 Å². The number of carbonyl (C=O) groups is 2. The van der Waals surface area contributed by atoms with Crippen LogP contribution in [0.1, 0.15) is 137 Å². The third-order valence-corrected chi connectivity index (χ3v) is 9.91. The third-order valence-electron chi connectivity index (χ3n) is 9.91. The minimum atomic E-state index is -1.98. The van der Waals surface area contributed by atoms with Gasteiger partial charge in [0.25, 0.3) is 0 Å². The normalized spacial score (nSPS) is 22.4. The Morgan fingerprint density at radius 3 is 2.11 bits per heavy atom. The van der Waals surface area contributed by atoms with Crippen LogP contribution in [0, 0.1) is 13.8 Å². The van der Waals surface area contributed by atoms with Crippen LogP contribution in [0.4, 0.5) is 0 Å². The molecule has 5 atom stereocenters. The fraction of sp³-hybridized carbons (Fsp3) is 0.471. The molecule has 3 aromatic heterocycles. The van der Waals surface area contributed by atoms with Crippen LogP contribution in [0.5, 0.6) is 0 Å². The van der Waals surface area contributed by atoms with Crippen molar-refractivity contribution in [2.24, 2.45) is 0 Å². The van der Waals surface area contributed by atoms with E-state index in [4.69, 9.17) is 19.9 Å². The van der Waals surface area contributed by atoms with E-state index in [0.29, 0.717) is 62.1 Å². The Morgan fingerprint density at radius 1 is 0.889 bits per heavy atom. The Morgan fingerprint density at radius 2 is 1.49 bits per heavy atom. The molecule has 0 aromatic carbocycles. The molecular formula is C34H38N4O6Zn. The maximum atomic E-state index is 13.8. The Labute approximate surface area is 274 Å². The summed E-state index contributed by atoms with van der Waals surface area (Å²) in [6.45, 7) is 11.4. The van der Waals surface area contributed by atoms with Crippen molar-refractivity contribution in [2.75, 3.05) is 0 Å². The molecule has 1 aliphatic carbocycles. The summed E-state index contributed by atoms with van der Waals surface area (Å²) in [6.07, 6.45) is -2.31. The van der Waals surface area contributed by atoms with E-state index in [0.717, 1.165) is 23.4 Å². The van der Waals surface area contributed by atoms with Gasteiger partial charge in [-0.2, -0.15) is 0 Å². The molecule has 10 nitrogen and oxygen atoms in total. The molecule has 0 saturated carbocycles. The number of Topliss-reactive ketones (excluding diaryl/α,β-unsaturated/α-hetero) is 2. The third kappa shape index (κ3) is 5.32. The quantitative estimate of drug-likeness (QED) is 0.170. The van der Waals surface area contributed by atoms with Crippen LogP contribution in [0.15, 0.2) is 18.2 Å². The molecule has 3 aliphatic rings. The molecular weight excluding hydrogens is 626 g/mol. The monoisotopic (exact) mass is 662 g/mol. The summed E-state index contributed by atoms with van der Waals surface area (Å²) in [4.78, 5) is 46.5. The van der Waals surface area contributed by atoms with Gasteiger partial charge in [0.15, 0.2) is 24.1 Å². The van der Waals surface area contributed by atoms with Crippen molar-refractivity contribution in [3.05, 3.63) is 68.8 Å². The second kappa shape index (κ2) is 12.3. The van der Waals surface area contributed by atoms with Gasteiger partial charge in [-0.25, -0.2) is 0 Å². The van der Waals surface area contributed by atoms with Gasteiger partial charge in [-0.05, 0) is 45.6 Å². The second-order valence-corrected chi connectivity index (χ2v) is 12.5. The summed E-state index contributed by atoms with van der Waals surface area (Å²) in [5.41, 5.74) is 7.45. The summed E-state index contributed by atoms with van der Waals surface area (Å²) in [5, 5.41) is 40.5. The molecule has 6 rings (SSSR count). The van der Waals surface area contributed by atoms with Crippen molar-refractivity contribution >= 4 is 33.6 Å². The summed E-state index contributed by atoms with van der Waals surface area (Å²) >= 11 is 0. The van der Waals surface area contributed by atoms with Crippen molar-refractivity contribution < 1.29 is 49.5 Å². The molecule has 0 saturated heterocycles. The molecule has 5 unspecified atom stereocenters. The maximum Gasteiger partial charge on any atom is 2.00 e. The van der Waals surface area contributed by atoms with E-state index in [9.17, 15) is 30.0 Å². The van der Waals surface area contributed by atoms with Gasteiger partial charge in [-0.1, -0.05) is 50.1 Å². The van der Waals surface area contributed by atoms with Crippen molar-refractivity contribution in [3.63, 3.8) is 0 Å². The molecule has 11 heteroatoms. The van der Waals surface area contributed by atoms with Crippen molar-refractivity contribution in [3.8, 4) is 0 Å². The summed E-state index contributed by atoms with van der Waals surface area (Å²) < 4.78 is 0. The average Bonchev–Trinajstić information content (AvgIpc) is 3.68. The van der Waals surface area contributed by atoms with Crippen LogP contribution in [0.25, 0.3) is 22.1 Å². The molecule has 4 N–H and O–H groups in total. The predicted octanol–water partition coefficient (Wildman–Crippen LogP) is 4.26. The zero-order valence-corrected chi connectivity index (χ0v) is 29.5. The smallest absolute Gasteiger partial charge is 0.657 e. The first-order valence-electron chi connectivity index (χ1n) is 15.3. The van der Waals surface area contributed by atoms with Crippen LogP contribution < -0.4 is 9.97 Å². The molecule has 0 amide bonds. The summed E-state index contributed by atoms with van der Waals surface area (Å²) in [6, 6.07) is 5.64. The number of aromatic nitrogens is 4. The fourth-order valence-electron chi connectivity index (χ4n) is 7.47. The first-order chi connectivity index (χ1) is 20.8. The molecule has 0 fully saturated rings. The van der Waals surface area contributed by atoms with E-state index in [-0.39, 0.29) is 55.4 Å². The number of nitrogens with zero attached hydrogens (tertiary/aromatic N) is 4. The van der Waals surface area contributed by atoms with Gasteiger partial charge in [-0.15, -0.1) is 22.1 Å². The van der Waals surface area contributed by atoms with Gasteiger partial charge in [0.2, 0.25) is 0 Å². The molecule has 3 aromatic rings. The number of hydrogen-bond acceptors (Lipinski definition) is 8. The topological polar surface area (TPSA) is 169 Å². The number of ketones is 2. The van der Waals surface area contributed by atoms with Crippen molar-refractivity contribution in [1.82, 2.24) is 19.9 Å². The molecule has 0 radical (unpaired) electrons. The molecule has 0 spiro atoms. The van der Waals surface area contributed by atoms with Crippen molar-refractivity contribution in [2.45, 2.75) is 103 Å². The Bertz CT molecular complexity index is 1860. The van der Waals surface area contributed by atoms with E-state index < -0.39 is 24.3 Å². The predicted molar refractivity (Wildman–Crippen MR) is 164 cm³/mol. The number of aryl methyl sites for hydroxylation is 2. The second-order valence-electron chi connectivity index (χ2n) is 12.5. The van der Waals surface area contributed by atoms with E-state index in [1.165, 1.54) is 6.92 Å². The zero-order chi connectivity index (χ0) is 31.8. The zero-order valence-electron chi connectivity index (χ0n) is 26.5. The molecule has 45 heavy (non-hydrogen) atoms. The molecule has 5 heterocycles. The minimum Gasteiger partial charge on any atom is -0.657 e. The standard InChI is InChI=1S/C34H39N4O6.Zn/c1-7-18-13(2)20-12-25-27(17(6)39)15(4)22(36-25)10-21-14(3)19(8-9-26(40)41)31(37-21)29-30(34(43)44)33(42)28-16(5)23(38-32(28)29)11-24(18)35-20;/h10-14,18-19,26,30,34,40-41,43-44H,7-9H2,1-6H3,(H-,35,36,37,38,39,42);/q-1;+2/p-1. The molecule has 232 valence electrons. The Kier molecular flexibility index (Phi) is 9.07. The van der Waals surface area contributed by atoms with Gasteiger partial charge >= 0.3 is 19.5 Å². The van der Waals surface area contributed by atoms with E-state index in [1.54, 1.807) is 0 Å². The van der Waals surface area contributed by atoms with Crippen LogP contribution in [0.3, 0.4) is 0 Å². The van der Waals surface area contributed by atoms with E-state index in [2.05, 4.69) is 13.8 Å². The summed E-state index contributed by atoms with van der Waals surface area (Å²) in [5.74, 6) is -2.27. The number of aliphatic hydroxyl groups is 4. The number of hydrogen-bond donors (Lipinski definition) is 4. The van der Waals surface area contributed by atoms with Gasteiger partial charge < -0.3 is 30.4 Å². The van der Waals surface area contributed by atoms with Gasteiger partial charge in [0.1, 0.15) is 0 Å². The minimum absolute atomic E-state index is 0. The van der Waals surface area contributed by atoms with E-state index >= 15 is 0 Å². The van der Waals surface area contributed by atoms with Crippen LogP contribution in [0.2, 0.25) is 0 Å². The first kappa shape index (κ1) is 33.3. The Hall–Kier alpha value is -3.08. The van der Waals surface area contributed by atoms with E-state index in [1.807, 2.05) is 39.0 Å². The van der Waals surface area contributed by atoms with Crippen LogP contribution >= 0.6 is 0 Å². The maximum absolute atomic E-state index is 13.8.